The first-order valence-corrected chi connectivity index (χ1v) is 10.8. The van der Waals surface area contributed by atoms with Gasteiger partial charge < -0.3 is 14.8 Å². The van der Waals surface area contributed by atoms with Gasteiger partial charge in [0.1, 0.15) is 11.3 Å². The molecule has 3 aromatic carbocycles. The van der Waals surface area contributed by atoms with Gasteiger partial charge in [0.2, 0.25) is 0 Å². The molecule has 34 heavy (non-hydrogen) atoms. The maximum atomic E-state index is 14.5. The molecule has 0 bridgehead atoms. The molecule has 0 radical (unpaired) electrons. The van der Waals surface area contributed by atoms with Crippen molar-refractivity contribution in [1.29, 1.82) is 0 Å². The second-order valence-corrected chi connectivity index (χ2v) is 8.28. The van der Waals surface area contributed by atoms with E-state index in [-0.39, 0.29) is 46.0 Å². The molecule has 4 rings (SSSR count). The standard InChI is InChI=1S/C27H23F2NO4/c1-14-11-20(16(3)30-13-17-7-4-5-8-18(17)27(32)33)26-21(12-14)24(31)15(2)25(34-26)19-9-6-10-22(28)23(19)29/h4-12,16,30H,13H2,1-3H3,(H,32,33). The fourth-order valence-electron chi connectivity index (χ4n) is 4.08. The number of carboxylic acids is 1. The van der Waals surface area contributed by atoms with Gasteiger partial charge in [-0.05, 0) is 56.2 Å². The molecule has 0 aliphatic carbocycles. The first kappa shape index (κ1) is 23.3. The van der Waals surface area contributed by atoms with Gasteiger partial charge in [-0.25, -0.2) is 13.6 Å². The van der Waals surface area contributed by atoms with Gasteiger partial charge in [0.25, 0.3) is 0 Å². The monoisotopic (exact) mass is 463 g/mol. The van der Waals surface area contributed by atoms with E-state index in [0.29, 0.717) is 16.5 Å². The highest BCUT2D eigenvalue weighted by atomic mass is 19.2. The van der Waals surface area contributed by atoms with Crippen molar-refractivity contribution in [3.63, 3.8) is 0 Å². The van der Waals surface area contributed by atoms with Crippen LogP contribution in [0.15, 0.2) is 63.8 Å². The fourth-order valence-corrected chi connectivity index (χ4v) is 4.08. The number of hydrogen-bond donors (Lipinski definition) is 2. The molecule has 1 aromatic heterocycles. The summed E-state index contributed by atoms with van der Waals surface area (Å²) in [6, 6.07) is 13.6. The van der Waals surface area contributed by atoms with E-state index in [1.807, 2.05) is 19.9 Å². The van der Waals surface area contributed by atoms with Gasteiger partial charge in [-0.15, -0.1) is 0 Å². The van der Waals surface area contributed by atoms with E-state index in [0.717, 1.165) is 11.6 Å². The summed E-state index contributed by atoms with van der Waals surface area (Å²) in [4.78, 5) is 24.7. The van der Waals surface area contributed by atoms with Crippen LogP contribution in [0.4, 0.5) is 8.78 Å². The Morgan fingerprint density at radius 2 is 1.82 bits per heavy atom. The van der Waals surface area contributed by atoms with Crippen molar-refractivity contribution in [2.45, 2.75) is 33.4 Å². The Morgan fingerprint density at radius 3 is 2.56 bits per heavy atom. The molecule has 0 fully saturated rings. The molecule has 0 aliphatic heterocycles. The predicted molar refractivity (Wildman–Crippen MR) is 126 cm³/mol. The third-order valence-electron chi connectivity index (χ3n) is 5.90. The van der Waals surface area contributed by atoms with E-state index >= 15 is 0 Å². The first-order chi connectivity index (χ1) is 16.2. The number of halogens is 2. The second-order valence-electron chi connectivity index (χ2n) is 8.28. The SMILES string of the molecule is Cc1cc(C(C)NCc2ccccc2C(=O)O)c2oc(-c3cccc(F)c3F)c(C)c(=O)c2c1. The molecule has 0 saturated heterocycles. The minimum absolute atomic E-state index is 0.0250. The fraction of sp³-hybridized carbons (Fsp3) is 0.185. The van der Waals surface area contributed by atoms with Crippen molar-refractivity contribution >= 4 is 16.9 Å². The number of carboxylic acid groups (broad SMARTS) is 1. The zero-order valence-electron chi connectivity index (χ0n) is 18.9. The lowest BCUT2D eigenvalue weighted by Crippen LogP contribution is -2.21. The average molecular weight is 463 g/mol. The zero-order chi connectivity index (χ0) is 24.6. The molecule has 4 aromatic rings. The summed E-state index contributed by atoms with van der Waals surface area (Å²) in [7, 11) is 0. The largest absolute Gasteiger partial charge is 0.478 e. The molecule has 1 unspecified atom stereocenters. The normalized spacial score (nSPS) is 12.1. The molecule has 0 aliphatic rings. The Balaban J connectivity index is 1.82. The second kappa shape index (κ2) is 9.19. The minimum Gasteiger partial charge on any atom is -0.478 e. The van der Waals surface area contributed by atoms with Gasteiger partial charge in [-0.1, -0.05) is 30.3 Å². The quantitative estimate of drug-likeness (QED) is 0.372. The topological polar surface area (TPSA) is 79.5 Å². The molecule has 1 atom stereocenters. The maximum absolute atomic E-state index is 14.5. The van der Waals surface area contributed by atoms with E-state index in [1.54, 1.807) is 24.3 Å². The van der Waals surface area contributed by atoms with Gasteiger partial charge in [0.15, 0.2) is 17.1 Å². The van der Waals surface area contributed by atoms with Crippen molar-refractivity contribution in [3.8, 4) is 11.3 Å². The highest BCUT2D eigenvalue weighted by Gasteiger charge is 2.21. The lowest BCUT2D eigenvalue weighted by Gasteiger charge is -2.18. The lowest BCUT2D eigenvalue weighted by atomic mass is 9.98. The predicted octanol–water partition coefficient (Wildman–Crippen LogP) is 5.90. The van der Waals surface area contributed by atoms with E-state index in [4.69, 9.17) is 4.42 Å². The number of nitrogens with one attached hydrogen (secondary N) is 1. The van der Waals surface area contributed by atoms with Crippen LogP contribution in [0.2, 0.25) is 0 Å². The van der Waals surface area contributed by atoms with Crippen molar-refractivity contribution in [2.24, 2.45) is 0 Å². The summed E-state index contributed by atoms with van der Waals surface area (Å²) in [5, 5.41) is 13.1. The van der Waals surface area contributed by atoms with Crippen LogP contribution in [0, 0.1) is 25.5 Å². The maximum Gasteiger partial charge on any atom is 0.336 e. The number of hydrogen-bond acceptors (Lipinski definition) is 4. The molecule has 0 saturated carbocycles. The Morgan fingerprint density at radius 1 is 1.09 bits per heavy atom. The highest BCUT2D eigenvalue weighted by Crippen LogP contribution is 2.32. The molecule has 5 nitrogen and oxygen atoms in total. The van der Waals surface area contributed by atoms with Gasteiger partial charge in [-0.2, -0.15) is 0 Å². The number of benzene rings is 3. The first-order valence-electron chi connectivity index (χ1n) is 10.8. The molecule has 0 amide bonds. The third kappa shape index (κ3) is 4.22. The summed E-state index contributed by atoms with van der Waals surface area (Å²) in [6.07, 6.45) is 0. The average Bonchev–Trinajstić information content (AvgIpc) is 2.81. The molecule has 1 heterocycles. The van der Waals surface area contributed by atoms with Crippen LogP contribution in [0.1, 0.15) is 45.6 Å². The van der Waals surface area contributed by atoms with E-state index in [9.17, 15) is 23.5 Å². The van der Waals surface area contributed by atoms with E-state index in [2.05, 4.69) is 5.32 Å². The van der Waals surface area contributed by atoms with Gasteiger partial charge >= 0.3 is 5.97 Å². The van der Waals surface area contributed by atoms with Crippen LogP contribution < -0.4 is 10.7 Å². The van der Waals surface area contributed by atoms with Crippen LogP contribution in [-0.2, 0) is 6.54 Å². The molecule has 174 valence electrons. The van der Waals surface area contributed by atoms with Gasteiger partial charge in [0, 0.05) is 23.7 Å². The number of aryl methyl sites for hydroxylation is 1. The highest BCUT2D eigenvalue weighted by molar-refractivity contribution is 5.89. The van der Waals surface area contributed by atoms with E-state index < -0.39 is 17.6 Å². The zero-order valence-corrected chi connectivity index (χ0v) is 18.9. The van der Waals surface area contributed by atoms with Crippen molar-refractivity contribution in [1.82, 2.24) is 5.32 Å². The van der Waals surface area contributed by atoms with Crippen molar-refractivity contribution in [2.75, 3.05) is 0 Å². The Kier molecular flexibility index (Phi) is 6.30. The number of rotatable bonds is 6. The summed E-state index contributed by atoms with van der Waals surface area (Å²) < 4.78 is 34.5. The Hall–Kier alpha value is -3.84. The van der Waals surface area contributed by atoms with Crippen molar-refractivity contribution < 1.29 is 23.1 Å². The van der Waals surface area contributed by atoms with Crippen LogP contribution in [0.5, 0.6) is 0 Å². The van der Waals surface area contributed by atoms with Crippen LogP contribution in [-0.4, -0.2) is 11.1 Å². The molecule has 0 spiro atoms. The van der Waals surface area contributed by atoms with Crippen LogP contribution in [0.3, 0.4) is 0 Å². The van der Waals surface area contributed by atoms with Crippen molar-refractivity contribution in [3.05, 3.63) is 104 Å². The number of carbonyl (C=O) groups is 1. The van der Waals surface area contributed by atoms with Crippen LogP contribution >= 0.6 is 0 Å². The summed E-state index contributed by atoms with van der Waals surface area (Å²) in [5.74, 6) is -3.16. The summed E-state index contributed by atoms with van der Waals surface area (Å²) >= 11 is 0. The molecular weight excluding hydrogens is 440 g/mol. The van der Waals surface area contributed by atoms with Gasteiger partial charge in [-0.3, -0.25) is 4.79 Å². The minimum atomic E-state index is -1.08. The molecule has 7 heteroatoms. The van der Waals surface area contributed by atoms with Gasteiger partial charge in [0.05, 0.1) is 16.5 Å². The molecular formula is C27H23F2NO4. The third-order valence-corrected chi connectivity index (χ3v) is 5.90. The smallest absolute Gasteiger partial charge is 0.336 e. The lowest BCUT2D eigenvalue weighted by molar-refractivity contribution is 0.0695. The summed E-state index contributed by atoms with van der Waals surface area (Å²) in [6.45, 7) is 5.50. The Labute approximate surface area is 194 Å². The Bertz CT molecular complexity index is 1480. The van der Waals surface area contributed by atoms with E-state index in [1.165, 1.54) is 25.1 Å². The number of aromatic carboxylic acids is 1. The summed E-state index contributed by atoms with van der Waals surface area (Å²) in [5.41, 5.74) is 2.29. The number of fused-ring (bicyclic) bond motifs is 1. The molecule has 2 N–H and O–H groups in total. The van der Waals surface area contributed by atoms with Crippen LogP contribution in [0.25, 0.3) is 22.3 Å².